The molecule has 4 N–H and O–H groups in total. The number of hydrogen-bond acceptors (Lipinski definition) is 7. The van der Waals surface area contributed by atoms with Crippen molar-refractivity contribution in [1.82, 2.24) is 14.9 Å². The van der Waals surface area contributed by atoms with Crippen LogP contribution in [0.25, 0.3) is 0 Å². The minimum Gasteiger partial charge on any atom is -0.480 e. The number of nitrogens with zero attached hydrogens (tertiary/aromatic N) is 4. The summed E-state index contributed by atoms with van der Waals surface area (Å²) in [7, 11) is 0. The molecule has 2 heterocycles. The molecule has 0 fully saturated rings. The Morgan fingerprint density at radius 2 is 1.90 bits per heavy atom. The van der Waals surface area contributed by atoms with Gasteiger partial charge in [-0.3, -0.25) is 14.2 Å². The normalized spacial score (nSPS) is 17.0. The molecule has 2 amide bonds. The van der Waals surface area contributed by atoms with Gasteiger partial charge in [0.15, 0.2) is 0 Å². The van der Waals surface area contributed by atoms with E-state index in [1.54, 1.807) is 43.3 Å². The lowest BCUT2D eigenvalue weighted by Gasteiger charge is -2.27. The number of rotatable bonds is 10. The van der Waals surface area contributed by atoms with Crippen molar-refractivity contribution in [2.24, 2.45) is 5.73 Å². The van der Waals surface area contributed by atoms with Gasteiger partial charge in [-0.05, 0) is 55.0 Å². The summed E-state index contributed by atoms with van der Waals surface area (Å²) >= 11 is 13.8. The summed E-state index contributed by atoms with van der Waals surface area (Å²) in [6, 6.07) is 12.3. The van der Waals surface area contributed by atoms with Crippen molar-refractivity contribution in [1.29, 1.82) is 5.26 Å². The summed E-state index contributed by atoms with van der Waals surface area (Å²) in [5, 5.41) is 22.0. The van der Waals surface area contributed by atoms with E-state index >= 15 is 0 Å². The van der Waals surface area contributed by atoms with Gasteiger partial charge >= 0.3 is 5.97 Å². The molecular weight excluding hydrogens is 563 g/mol. The molecule has 2 atom stereocenters. The van der Waals surface area contributed by atoms with Gasteiger partial charge < -0.3 is 16.2 Å². The number of thioether (sulfide) groups is 1. The molecule has 3 aromatic rings. The number of hydrogen-bond donors (Lipinski definition) is 3. The molecule has 1 aromatic heterocycles. The van der Waals surface area contributed by atoms with Crippen LogP contribution in [-0.2, 0) is 21.5 Å². The average Bonchev–Trinajstić information content (AvgIpc) is 3.41. The first-order chi connectivity index (χ1) is 18.6. The molecule has 4 rings (SSSR count). The van der Waals surface area contributed by atoms with Crippen LogP contribution < -0.4 is 16.0 Å². The highest BCUT2D eigenvalue weighted by molar-refractivity contribution is 7.99. The second-order valence-electron chi connectivity index (χ2n) is 9.03. The van der Waals surface area contributed by atoms with Crippen molar-refractivity contribution in [2.75, 3.05) is 16.5 Å². The number of benzene rings is 2. The Kier molecular flexibility index (Phi) is 8.51. The van der Waals surface area contributed by atoms with Crippen molar-refractivity contribution >= 4 is 64.4 Å². The van der Waals surface area contributed by atoms with Crippen LogP contribution in [0.2, 0.25) is 10.0 Å². The van der Waals surface area contributed by atoms with Crippen molar-refractivity contribution in [3.8, 4) is 6.07 Å². The van der Waals surface area contributed by atoms with E-state index < -0.39 is 29.4 Å². The van der Waals surface area contributed by atoms with Crippen molar-refractivity contribution < 1.29 is 19.5 Å². The smallest absolute Gasteiger partial charge is 0.326 e. The van der Waals surface area contributed by atoms with Gasteiger partial charge in [-0.25, -0.2) is 14.7 Å². The number of aromatic nitrogens is 2. The van der Waals surface area contributed by atoms with E-state index in [-0.39, 0.29) is 24.5 Å². The van der Waals surface area contributed by atoms with E-state index in [9.17, 15) is 19.5 Å². The first-order valence-electron chi connectivity index (χ1n) is 11.8. The number of nitrogens with one attached hydrogen (secondary N) is 1. The molecule has 13 heteroatoms. The van der Waals surface area contributed by atoms with Gasteiger partial charge in [0.25, 0.3) is 11.8 Å². The summed E-state index contributed by atoms with van der Waals surface area (Å²) < 4.78 is 1.51. The Bertz CT molecular complexity index is 1450. The number of nitrogens with two attached hydrogens (primary N) is 1. The molecule has 0 spiro atoms. The van der Waals surface area contributed by atoms with Gasteiger partial charge in [-0.2, -0.15) is 5.26 Å². The Labute approximate surface area is 238 Å². The summed E-state index contributed by atoms with van der Waals surface area (Å²) in [6.45, 7) is 1.67. The molecule has 0 saturated carbocycles. The van der Waals surface area contributed by atoms with E-state index in [0.29, 0.717) is 32.9 Å². The maximum Gasteiger partial charge on any atom is 0.326 e. The van der Waals surface area contributed by atoms with Crippen LogP contribution in [0, 0.1) is 11.3 Å². The molecule has 1 aliphatic rings. The summed E-state index contributed by atoms with van der Waals surface area (Å²) in [4.78, 5) is 45.0. The molecule has 10 nitrogen and oxygen atoms in total. The third-order valence-electron chi connectivity index (χ3n) is 6.34. The monoisotopic (exact) mass is 586 g/mol. The van der Waals surface area contributed by atoms with Gasteiger partial charge in [-0.15, -0.1) is 11.8 Å². The van der Waals surface area contributed by atoms with Gasteiger partial charge in [0.05, 0.1) is 23.5 Å². The zero-order valence-electron chi connectivity index (χ0n) is 20.7. The lowest BCUT2D eigenvalue weighted by Crippen LogP contribution is -2.45. The van der Waals surface area contributed by atoms with Crippen LogP contribution >= 0.6 is 35.0 Å². The maximum absolute atomic E-state index is 14.1. The molecule has 0 saturated heterocycles. The quantitative estimate of drug-likeness (QED) is 0.238. The Hall–Kier alpha value is -3.56. The van der Waals surface area contributed by atoms with Crippen LogP contribution in [0.5, 0.6) is 0 Å². The molecule has 39 heavy (non-hydrogen) atoms. The van der Waals surface area contributed by atoms with Gasteiger partial charge in [0.1, 0.15) is 17.3 Å². The number of anilines is 2. The lowest BCUT2D eigenvalue weighted by atomic mass is 9.91. The Morgan fingerprint density at radius 3 is 2.49 bits per heavy atom. The highest BCUT2D eigenvalue weighted by Gasteiger charge is 2.51. The zero-order valence-corrected chi connectivity index (χ0v) is 23.1. The maximum atomic E-state index is 14.1. The summed E-state index contributed by atoms with van der Waals surface area (Å²) in [5.74, 6) is -1.34. The fourth-order valence-electron chi connectivity index (χ4n) is 4.50. The standard InChI is InChI=1S/C26H24Cl2N6O4S/c1-26(11-15-2-4-16(12-29)5-3-15)24(38)33(19-9-17(27)8-18(28)10-19)25-31-13-21(34(25)26)22(35)32-20(23(36)37)6-7-39-14-30/h2-5,8-10,13,20H,6-7,11,14,30H2,1H3,(H,32,35)(H,36,37)/t20-,26+/m0/s1. The molecule has 2 aromatic carbocycles. The number of fused-ring (bicyclic) bond motifs is 1. The molecule has 202 valence electrons. The number of carboxylic acids is 1. The number of aliphatic carboxylic acids is 1. The fourth-order valence-corrected chi connectivity index (χ4v) is 5.58. The van der Waals surface area contributed by atoms with Gasteiger partial charge in [0, 0.05) is 22.3 Å². The SMILES string of the molecule is C[C@@]1(Cc2ccc(C#N)cc2)C(=O)N(c2cc(Cl)cc(Cl)c2)c2ncc(C(=O)N[C@@H](CCSCN)C(=O)O)n21. The highest BCUT2D eigenvalue weighted by atomic mass is 35.5. The van der Waals surface area contributed by atoms with Crippen LogP contribution in [0.15, 0.2) is 48.7 Å². The van der Waals surface area contributed by atoms with E-state index in [1.807, 2.05) is 0 Å². The molecule has 0 unspecified atom stereocenters. The average molecular weight is 587 g/mol. The molecule has 0 bridgehead atoms. The Morgan fingerprint density at radius 1 is 1.23 bits per heavy atom. The number of carbonyl (C=O) groups excluding carboxylic acids is 2. The van der Waals surface area contributed by atoms with Gasteiger partial charge in [0.2, 0.25) is 5.95 Å². The number of imidazole rings is 1. The minimum absolute atomic E-state index is 0.0165. The second-order valence-corrected chi connectivity index (χ2v) is 11.1. The largest absolute Gasteiger partial charge is 0.480 e. The summed E-state index contributed by atoms with van der Waals surface area (Å²) in [6.07, 6.45) is 1.63. The molecular formula is C26H24Cl2N6O4S. The summed E-state index contributed by atoms with van der Waals surface area (Å²) in [5.41, 5.74) is 5.73. The fraction of sp³-hybridized carbons (Fsp3) is 0.269. The molecule has 1 aliphatic heterocycles. The number of amides is 2. The van der Waals surface area contributed by atoms with Gasteiger partial charge in [-0.1, -0.05) is 35.3 Å². The number of nitriles is 1. The lowest BCUT2D eigenvalue weighted by molar-refractivity contribution is -0.139. The van der Waals surface area contributed by atoms with E-state index in [4.69, 9.17) is 34.2 Å². The number of halogens is 2. The van der Waals surface area contributed by atoms with Crippen LogP contribution in [-0.4, -0.2) is 50.1 Å². The third kappa shape index (κ3) is 5.74. The van der Waals surface area contributed by atoms with E-state index in [0.717, 1.165) is 5.56 Å². The predicted octanol–water partition coefficient (Wildman–Crippen LogP) is 3.92. The van der Waals surface area contributed by atoms with Crippen LogP contribution in [0.1, 0.15) is 35.0 Å². The van der Waals surface area contributed by atoms with Crippen LogP contribution in [0.3, 0.4) is 0 Å². The third-order valence-corrected chi connectivity index (χ3v) is 7.54. The minimum atomic E-state index is -1.34. The number of carboxylic acid groups (broad SMARTS) is 1. The Balaban J connectivity index is 1.78. The first-order valence-corrected chi connectivity index (χ1v) is 13.7. The molecule has 0 radical (unpaired) electrons. The van der Waals surface area contributed by atoms with Crippen molar-refractivity contribution in [3.05, 3.63) is 75.5 Å². The second kappa shape index (κ2) is 11.7. The topological polar surface area (TPSA) is 154 Å². The zero-order chi connectivity index (χ0) is 28.3. The van der Waals surface area contributed by atoms with Crippen LogP contribution in [0.4, 0.5) is 11.6 Å². The van der Waals surface area contributed by atoms with Crippen molar-refractivity contribution in [2.45, 2.75) is 31.3 Å². The first kappa shape index (κ1) is 28.4. The van der Waals surface area contributed by atoms with E-state index in [2.05, 4.69) is 16.4 Å². The highest BCUT2D eigenvalue weighted by Crippen LogP contribution is 2.43. The van der Waals surface area contributed by atoms with Crippen molar-refractivity contribution in [3.63, 3.8) is 0 Å². The molecule has 0 aliphatic carbocycles. The van der Waals surface area contributed by atoms with E-state index in [1.165, 1.54) is 33.5 Å². The number of carbonyl (C=O) groups is 3. The predicted molar refractivity (Wildman–Crippen MR) is 149 cm³/mol.